The molecule has 1 fully saturated rings. The van der Waals surface area contributed by atoms with Gasteiger partial charge in [-0.15, -0.1) is 0 Å². The number of carbonyl (C=O) groups excluding carboxylic acids is 1. The lowest BCUT2D eigenvalue weighted by molar-refractivity contribution is 0.0743. The van der Waals surface area contributed by atoms with Crippen LogP contribution in [0.5, 0.6) is 5.75 Å². The van der Waals surface area contributed by atoms with Gasteiger partial charge in [0.05, 0.1) is 7.11 Å². The molecule has 0 N–H and O–H groups in total. The van der Waals surface area contributed by atoms with Gasteiger partial charge in [-0.1, -0.05) is 43.7 Å². The van der Waals surface area contributed by atoms with Gasteiger partial charge in [0, 0.05) is 31.2 Å². The van der Waals surface area contributed by atoms with Gasteiger partial charge in [-0.05, 0) is 49.9 Å². The highest BCUT2D eigenvalue weighted by molar-refractivity contribution is 7.89. The molecule has 168 valence electrons. The number of carbonyl (C=O) groups is 1. The van der Waals surface area contributed by atoms with Crippen molar-refractivity contribution in [1.82, 2.24) is 9.21 Å². The average molecular weight is 445 g/mol. The molecule has 6 nitrogen and oxygen atoms in total. The van der Waals surface area contributed by atoms with Crippen molar-refractivity contribution in [2.75, 3.05) is 20.2 Å². The molecule has 0 spiro atoms. The Hall–Kier alpha value is -2.38. The summed E-state index contributed by atoms with van der Waals surface area (Å²) in [5, 5.41) is 0. The van der Waals surface area contributed by atoms with Gasteiger partial charge in [0.25, 0.3) is 5.91 Å². The Labute approximate surface area is 185 Å². The van der Waals surface area contributed by atoms with Crippen LogP contribution in [0.25, 0.3) is 0 Å². The molecule has 1 aliphatic rings. The largest absolute Gasteiger partial charge is 0.495 e. The minimum atomic E-state index is -3.77. The van der Waals surface area contributed by atoms with Crippen molar-refractivity contribution in [3.8, 4) is 5.75 Å². The summed E-state index contributed by atoms with van der Waals surface area (Å²) in [7, 11) is -2.32. The molecule has 31 heavy (non-hydrogen) atoms. The molecule has 0 aliphatic carbocycles. The molecule has 3 rings (SSSR count). The molecule has 0 radical (unpaired) electrons. The Bertz CT molecular complexity index is 992. The Morgan fingerprint density at radius 2 is 1.90 bits per heavy atom. The van der Waals surface area contributed by atoms with Crippen LogP contribution in [0.15, 0.2) is 53.4 Å². The van der Waals surface area contributed by atoms with E-state index in [1.807, 2.05) is 44.2 Å². The average Bonchev–Trinajstić information content (AvgIpc) is 2.78. The number of nitrogens with zero attached hydrogens (tertiary/aromatic N) is 2. The smallest absolute Gasteiger partial charge is 0.254 e. The first-order valence-electron chi connectivity index (χ1n) is 10.9. The molecule has 0 bridgehead atoms. The van der Waals surface area contributed by atoms with Gasteiger partial charge >= 0.3 is 0 Å². The second-order valence-electron chi connectivity index (χ2n) is 8.04. The standard InChI is InChI=1S/C24H32N2O4S/c1-4-15-25(18-20-11-6-5-7-12-20)24(27)21-13-14-22(30-3)23(17-21)31(28,29)26-16-9-8-10-19(26)2/h5-7,11-14,17,19H,4,8-10,15-16,18H2,1-3H3. The van der Waals surface area contributed by atoms with Crippen molar-refractivity contribution >= 4 is 15.9 Å². The van der Waals surface area contributed by atoms with Crippen molar-refractivity contribution in [3.05, 3.63) is 59.7 Å². The molecule has 7 heteroatoms. The van der Waals surface area contributed by atoms with E-state index in [1.54, 1.807) is 17.0 Å². The van der Waals surface area contributed by atoms with Crippen LogP contribution in [0.3, 0.4) is 0 Å². The van der Waals surface area contributed by atoms with Gasteiger partial charge in [0.15, 0.2) is 0 Å². The molecule has 1 saturated heterocycles. The van der Waals surface area contributed by atoms with E-state index in [2.05, 4.69) is 0 Å². The Morgan fingerprint density at radius 1 is 1.16 bits per heavy atom. The van der Waals surface area contributed by atoms with E-state index in [0.29, 0.717) is 25.2 Å². The Kier molecular flexibility index (Phi) is 7.73. The summed E-state index contributed by atoms with van der Waals surface area (Å²) in [6.07, 6.45) is 3.51. The maximum Gasteiger partial charge on any atom is 0.254 e. The monoisotopic (exact) mass is 444 g/mol. The molecule has 1 heterocycles. The van der Waals surface area contributed by atoms with Crippen LogP contribution in [0.1, 0.15) is 55.5 Å². The highest BCUT2D eigenvalue weighted by Crippen LogP contribution is 2.32. The van der Waals surface area contributed by atoms with Gasteiger partial charge in [-0.2, -0.15) is 4.31 Å². The number of piperidine rings is 1. The van der Waals surface area contributed by atoms with Crippen LogP contribution in [0, 0.1) is 0 Å². The number of hydrogen-bond donors (Lipinski definition) is 0. The number of methoxy groups -OCH3 is 1. The third-order valence-electron chi connectivity index (χ3n) is 5.74. The zero-order valence-corrected chi connectivity index (χ0v) is 19.4. The first-order valence-corrected chi connectivity index (χ1v) is 12.4. The van der Waals surface area contributed by atoms with Gasteiger partial charge in [0.1, 0.15) is 10.6 Å². The summed E-state index contributed by atoms with van der Waals surface area (Å²) in [4.78, 5) is 15.2. The van der Waals surface area contributed by atoms with Crippen molar-refractivity contribution in [1.29, 1.82) is 0 Å². The predicted molar refractivity (Wildman–Crippen MR) is 122 cm³/mol. The molecule has 0 saturated carbocycles. The van der Waals surface area contributed by atoms with Gasteiger partial charge < -0.3 is 9.64 Å². The molecular formula is C24H32N2O4S. The van der Waals surface area contributed by atoms with Crippen LogP contribution in [-0.2, 0) is 16.6 Å². The zero-order valence-electron chi connectivity index (χ0n) is 18.6. The molecule has 2 aromatic carbocycles. The van der Waals surface area contributed by atoms with Gasteiger partial charge in [0.2, 0.25) is 10.0 Å². The molecule has 1 unspecified atom stereocenters. The lowest BCUT2D eigenvalue weighted by atomic mass is 10.1. The third kappa shape index (κ3) is 5.28. The molecule has 1 atom stereocenters. The number of benzene rings is 2. The highest BCUT2D eigenvalue weighted by Gasteiger charge is 2.34. The van der Waals surface area contributed by atoms with Gasteiger partial charge in [-0.3, -0.25) is 4.79 Å². The first-order chi connectivity index (χ1) is 14.9. The summed E-state index contributed by atoms with van der Waals surface area (Å²) in [6, 6.07) is 14.4. The quantitative estimate of drug-likeness (QED) is 0.608. The van der Waals surface area contributed by atoms with E-state index in [9.17, 15) is 13.2 Å². The fraction of sp³-hybridized carbons (Fsp3) is 0.458. The van der Waals surface area contributed by atoms with E-state index in [4.69, 9.17) is 4.74 Å². The topological polar surface area (TPSA) is 66.9 Å². The maximum atomic E-state index is 13.5. The number of ether oxygens (including phenoxy) is 1. The first kappa shape index (κ1) is 23.3. The number of sulfonamides is 1. The lowest BCUT2D eigenvalue weighted by Gasteiger charge is -2.32. The van der Waals surface area contributed by atoms with Crippen molar-refractivity contribution in [2.45, 2.75) is 57.0 Å². The summed E-state index contributed by atoms with van der Waals surface area (Å²) in [5.41, 5.74) is 1.39. The maximum absolute atomic E-state index is 13.5. The highest BCUT2D eigenvalue weighted by atomic mass is 32.2. The van der Waals surface area contributed by atoms with E-state index < -0.39 is 10.0 Å². The van der Waals surface area contributed by atoms with E-state index in [-0.39, 0.29) is 22.6 Å². The minimum absolute atomic E-state index is 0.0609. The van der Waals surface area contributed by atoms with E-state index in [1.165, 1.54) is 17.5 Å². The minimum Gasteiger partial charge on any atom is -0.495 e. The van der Waals surface area contributed by atoms with E-state index >= 15 is 0 Å². The summed E-state index contributed by atoms with van der Waals surface area (Å²) < 4.78 is 33.8. The Morgan fingerprint density at radius 3 is 2.55 bits per heavy atom. The fourth-order valence-corrected chi connectivity index (χ4v) is 5.96. The molecule has 1 aliphatic heterocycles. The molecule has 0 aromatic heterocycles. The lowest BCUT2D eigenvalue weighted by Crippen LogP contribution is -2.42. The van der Waals surface area contributed by atoms with Crippen molar-refractivity contribution in [2.24, 2.45) is 0 Å². The third-order valence-corrected chi connectivity index (χ3v) is 7.77. The van der Waals surface area contributed by atoms with E-state index in [0.717, 1.165) is 31.2 Å². The van der Waals surface area contributed by atoms with Crippen LogP contribution in [0.2, 0.25) is 0 Å². The Balaban J connectivity index is 1.95. The summed E-state index contributed by atoms with van der Waals surface area (Å²) >= 11 is 0. The predicted octanol–water partition coefficient (Wildman–Crippen LogP) is 4.31. The number of rotatable bonds is 8. The second kappa shape index (κ2) is 10.3. The van der Waals surface area contributed by atoms with Crippen LogP contribution < -0.4 is 4.74 Å². The van der Waals surface area contributed by atoms with Crippen LogP contribution in [0.4, 0.5) is 0 Å². The second-order valence-corrected chi connectivity index (χ2v) is 9.90. The van der Waals surface area contributed by atoms with Crippen molar-refractivity contribution < 1.29 is 17.9 Å². The van der Waals surface area contributed by atoms with Crippen molar-refractivity contribution in [3.63, 3.8) is 0 Å². The number of hydrogen-bond acceptors (Lipinski definition) is 4. The van der Waals surface area contributed by atoms with Gasteiger partial charge in [-0.25, -0.2) is 8.42 Å². The molecule has 1 amide bonds. The summed E-state index contributed by atoms with van der Waals surface area (Å²) in [5.74, 6) is 0.0796. The fourth-order valence-electron chi connectivity index (χ4n) is 4.08. The molecular weight excluding hydrogens is 412 g/mol. The SMILES string of the molecule is CCCN(Cc1ccccc1)C(=O)c1ccc(OC)c(S(=O)(=O)N2CCCCC2C)c1. The molecule has 2 aromatic rings. The number of amides is 1. The summed E-state index contributed by atoms with van der Waals surface area (Å²) in [6.45, 7) is 5.50. The van der Waals surface area contributed by atoms with Crippen LogP contribution >= 0.6 is 0 Å². The zero-order chi connectivity index (χ0) is 22.4. The van der Waals surface area contributed by atoms with Crippen LogP contribution in [-0.4, -0.2) is 49.8 Å². The normalized spacial score (nSPS) is 17.3.